The van der Waals surface area contributed by atoms with Gasteiger partial charge in [-0.25, -0.2) is 22.8 Å². The third-order valence-electron chi connectivity index (χ3n) is 4.58. The Labute approximate surface area is 190 Å². The van der Waals surface area contributed by atoms with Crippen LogP contribution in [0.25, 0.3) is 0 Å². The maximum atomic E-state index is 13.8. The number of ether oxygens (including phenoxy) is 2. The predicted octanol–water partition coefficient (Wildman–Crippen LogP) is 5.08. The number of benzene rings is 3. The molecule has 0 fully saturated rings. The van der Waals surface area contributed by atoms with E-state index in [0.717, 1.165) is 17.7 Å². The van der Waals surface area contributed by atoms with E-state index in [1.807, 2.05) is 0 Å². The van der Waals surface area contributed by atoms with Gasteiger partial charge in [-0.2, -0.15) is 8.78 Å². The molecule has 2 N–H and O–H groups in total. The third-order valence-corrected chi connectivity index (χ3v) is 4.58. The first-order chi connectivity index (χ1) is 16.2. The molecule has 0 spiro atoms. The molecule has 6 nitrogen and oxygen atoms in total. The quantitative estimate of drug-likeness (QED) is 0.214. The molecule has 0 radical (unpaired) electrons. The summed E-state index contributed by atoms with van der Waals surface area (Å²) in [6.07, 6.45) is 0.176. The summed E-state index contributed by atoms with van der Waals surface area (Å²) < 4.78 is 76.8. The van der Waals surface area contributed by atoms with Crippen LogP contribution in [0.1, 0.15) is 5.56 Å². The highest BCUT2D eigenvalue weighted by molar-refractivity contribution is 5.92. The van der Waals surface area contributed by atoms with Crippen LogP contribution in [0.15, 0.2) is 54.6 Å². The number of anilines is 1. The predicted molar refractivity (Wildman–Crippen MR) is 111 cm³/mol. The number of halogens is 5. The van der Waals surface area contributed by atoms with Gasteiger partial charge < -0.3 is 20.1 Å². The number of rotatable bonds is 7. The van der Waals surface area contributed by atoms with Gasteiger partial charge in [0.05, 0.1) is 7.11 Å². The molecular weight excluding hydrogens is 463 g/mol. The minimum Gasteiger partial charge on any atom is -0.467 e. The van der Waals surface area contributed by atoms with Crippen LogP contribution >= 0.6 is 0 Å². The molecule has 0 unspecified atom stereocenters. The zero-order valence-corrected chi connectivity index (χ0v) is 17.5. The van der Waals surface area contributed by atoms with Crippen molar-refractivity contribution in [1.29, 1.82) is 0 Å². The average molecular weight is 480 g/mol. The van der Waals surface area contributed by atoms with Crippen molar-refractivity contribution in [3.05, 3.63) is 89.2 Å². The molecule has 0 saturated carbocycles. The van der Waals surface area contributed by atoms with E-state index in [4.69, 9.17) is 9.47 Å². The molecule has 0 bridgehead atoms. The topological polar surface area (TPSA) is 76.7 Å². The van der Waals surface area contributed by atoms with E-state index in [-0.39, 0.29) is 17.9 Å². The van der Waals surface area contributed by atoms with Crippen LogP contribution in [0.4, 0.5) is 32.4 Å². The van der Waals surface area contributed by atoms with Gasteiger partial charge in [-0.15, -0.1) is 0 Å². The number of esters is 1. The van der Waals surface area contributed by atoms with Crippen molar-refractivity contribution in [2.75, 3.05) is 12.4 Å². The number of nitrogens with one attached hydrogen (secondary N) is 2. The second kappa shape index (κ2) is 10.6. The fourth-order valence-corrected chi connectivity index (χ4v) is 2.91. The molecular formula is C23H17F5N2O4. The highest BCUT2D eigenvalue weighted by Crippen LogP contribution is 2.33. The monoisotopic (exact) mass is 480 g/mol. The van der Waals surface area contributed by atoms with Crippen LogP contribution < -0.4 is 15.4 Å². The van der Waals surface area contributed by atoms with Gasteiger partial charge in [0.2, 0.25) is 34.8 Å². The minimum absolute atomic E-state index is 0.176. The first kappa shape index (κ1) is 24.5. The maximum absolute atomic E-state index is 13.8. The van der Waals surface area contributed by atoms with Crippen molar-refractivity contribution >= 4 is 17.7 Å². The Morgan fingerprint density at radius 1 is 0.824 bits per heavy atom. The van der Waals surface area contributed by atoms with Crippen molar-refractivity contribution < 1.29 is 41.0 Å². The molecule has 0 aliphatic carbocycles. The number of hydrogen-bond donors (Lipinski definition) is 2. The number of urea groups is 1. The standard InChI is InChI=1S/C23H17F5N2O4/c1-33-22(31)15(11-12-5-3-2-4-6-12)30-23(32)29-13-7-9-14(10-8-13)34-21-19(27)17(25)16(24)18(26)20(21)28/h2-10,15H,11H2,1H3,(H2,29,30,32)/t15-/m0/s1. The van der Waals surface area contributed by atoms with Crippen molar-refractivity contribution in [1.82, 2.24) is 5.32 Å². The Bertz CT molecular complexity index is 1160. The van der Waals surface area contributed by atoms with E-state index in [1.165, 1.54) is 19.2 Å². The Kier molecular flexibility index (Phi) is 7.67. The normalized spacial score (nSPS) is 11.5. The fourth-order valence-electron chi connectivity index (χ4n) is 2.91. The highest BCUT2D eigenvalue weighted by atomic mass is 19.2. The van der Waals surface area contributed by atoms with Gasteiger partial charge in [-0.05, 0) is 29.8 Å². The van der Waals surface area contributed by atoms with Crippen LogP contribution in [-0.4, -0.2) is 25.2 Å². The van der Waals surface area contributed by atoms with Gasteiger partial charge in [-0.3, -0.25) is 0 Å². The summed E-state index contributed by atoms with van der Waals surface area (Å²) in [5.74, 6) is -13.2. The van der Waals surface area contributed by atoms with E-state index >= 15 is 0 Å². The zero-order chi connectivity index (χ0) is 24.8. The lowest BCUT2D eigenvalue weighted by atomic mass is 10.1. The molecule has 11 heteroatoms. The van der Waals surface area contributed by atoms with Crippen LogP contribution in [-0.2, 0) is 16.0 Å². The Morgan fingerprint density at radius 3 is 1.94 bits per heavy atom. The van der Waals surface area contributed by atoms with Crippen LogP contribution in [0.5, 0.6) is 11.5 Å². The van der Waals surface area contributed by atoms with Crippen LogP contribution in [0.2, 0.25) is 0 Å². The molecule has 3 aromatic carbocycles. The third kappa shape index (κ3) is 5.61. The fraction of sp³-hybridized carbons (Fsp3) is 0.130. The smallest absolute Gasteiger partial charge is 0.328 e. The van der Waals surface area contributed by atoms with E-state index in [0.29, 0.717) is 0 Å². The highest BCUT2D eigenvalue weighted by Gasteiger charge is 2.27. The van der Waals surface area contributed by atoms with Gasteiger partial charge in [0.1, 0.15) is 11.8 Å². The molecule has 3 aromatic rings. The molecule has 0 heterocycles. The lowest BCUT2D eigenvalue weighted by Crippen LogP contribution is -2.45. The first-order valence-electron chi connectivity index (χ1n) is 9.69. The van der Waals surface area contributed by atoms with E-state index in [9.17, 15) is 31.5 Å². The van der Waals surface area contributed by atoms with Gasteiger partial charge in [-0.1, -0.05) is 30.3 Å². The first-order valence-corrected chi connectivity index (χ1v) is 9.69. The number of methoxy groups -OCH3 is 1. The van der Waals surface area contributed by atoms with E-state index < -0.39 is 52.9 Å². The largest absolute Gasteiger partial charge is 0.467 e. The molecule has 1 atom stereocenters. The Morgan fingerprint density at radius 2 is 1.38 bits per heavy atom. The minimum atomic E-state index is -2.30. The molecule has 34 heavy (non-hydrogen) atoms. The molecule has 178 valence electrons. The summed E-state index contributed by atoms with van der Waals surface area (Å²) in [6.45, 7) is 0. The summed E-state index contributed by atoms with van der Waals surface area (Å²) in [6, 6.07) is 12.0. The number of hydrogen-bond acceptors (Lipinski definition) is 4. The summed E-state index contributed by atoms with van der Waals surface area (Å²) in [5.41, 5.74) is 0.971. The number of amides is 2. The molecule has 0 aliphatic rings. The molecule has 0 aromatic heterocycles. The van der Waals surface area contributed by atoms with Gasteiger partial charge in [0.15, 0.2) is 0 Å². The second-order valence-corrected chi connectivity index (χ2v) is 6.89. The number of carbonyl (C=O) groups is 2. The van der Waals surface area contributed by atoms with Crippen molar-refractivity contribution in [2.45, 2.75) is 12.5 Å². The summed E-state index contributed by atoms with van der Waals surface area (Å²) >= 11 is 0. The Balaban J connectivity index is 1.67. The molecule has 2 amide bonds. The van der Waals surface area contributed by atoms with E-state index in [2.05, 4.69) is 10.6 Å². The average Bonchev–Trinajstić information content (AvgIpc) is 2.85. The summed E-state index contributed by atoms with van der Waals surface area (Å²) in [4.78, 5) is 24.4. The molecule has 0 aliphatic heterocycles. The lowest BCUT2D eigenvalue weighted by molar-refractivity contribution is -0.142. The zero-order valence-electron chi connectivity index (χ0n) is 17.5. The van der Waals surface area contributed by atoms with Crippen LogP contribution in [0, 0.1) is 29.1 Å². The summed E-state index contributed by atoms with van der Waals surface area (Å²) in [5, 5.41) is 4.92. The van der Waals surface area contributed by atoms with Crippen molar-refractivity contribution in [3.8, 4) is 11.5 Å². The van der Waals surface area contributed by atoms with Crippen molar-refractivity contribution in [3.63, 3.8) is 0 Å². The van der Waals surface area contributed by atoms with E-state index in [1.54, 1.807) is 30.3 Å². The second-order valence-electron chi connectivity index (χ2n) is 6.89. The van der Waals surface area contributed by atoms with Gasteiger partial charge >= 0.3 is 12.0 Å². The number of carbonyl (C=O) groups excluding carboxylic acids is 2. The molecule has 0 saturated heterocycles. The van der Waals surface area contributed by atoms with Gasteiger partial charge in [0.25, 0.3) is 0 Å². The molecule has 3 rings (SSSR count). The van der Waals surface area contributed by atoms with Crippen LogP contribution in [0.3, 0.4) is 0 Å². The lowest BCUT2D eigenvalue weighted by Gasteiger charge is -2.17. The maximum Gasteiger partial charge on any atom is 0.328 e. The summed E-state index contributed by atoms with van der Waals surface area (Å²) in [7, 11) is 1.18. The Hall–Kier alpha value is -4.15. The van der Waals surface area contributed by atoms with Crippen molar-refractivity contribution in [2.24, 2.45) is 0 Å². The van der Waals surface area contributed by atoms with Gasteiger partial charge in [0, 0.05) is 12.1 Å². The SMILES string of the molecule is COC(=O)[C@H](Cc1ccccc1)NC(=O)Nc1ccc(Oc2c(F)c(F)c(F)c(F)c2F)cc1.